The summed E-state index contributed by atoms with van der Waals surface area (Å²) < 4.78 is 11.7. The lowest BCUT2D eigenvalue weighted by atomic mass is 10.1. The number of anilines is 1. The number of morpholine rings is 1. The van der Waals surface area contributed by atoms with Crippen molar-refractivity contribution < 1.29 is 14.3 Å². The second-order valence-corrected chi connectivity index (χ2v) is 7.52. The molecule has 3 aliphatic rings. The number of nitrogens with one attached hydrogen (secondary N) is 1. The zero-order valence-electron chi connectivity index (χ0n) is 17.1. The van der Waals surface area contributed by atoms with Gasteiger partial charge in [0.1, 0.15) is 12.3 Å². The molecule has 162 valence electrons. The number of aliphatic imine (C=N–C) groups is 1. The van der Waals surface area contributed by atoms with Gasteiger partial charge in [0.2, 0.25) is 17.7 Å². The zero-order chi connectivity index (χ0) is 21.1. The zero-order valence-corrected chi connectivity index (χ0v) is 17.1. The third-order valence-electron chi connectivity index (χ3n) is 5.43. The van der Waals surface area contributed by atoms with Gasteiger partial charge in [0, 0.05) is 63.8 Å². The van der Waals surface area contributed by atoms with Crippen molar-refractivity contribution in [3.63, 3.8) is 0 Å². The second kappa shape index (κ2) is 8.84. The minimum Gasteiger partial charge on any atom is -0.474 e. The number of nitrogens with zero attached hydrogens (tertiary/aromatic N) is 5. The fourth-order valence-electron chi connectivity index (χ4n) is 3.70. The van der Waals surface area contributed by atoms with Crippen molar-refractivity contribution in [2.75, 3.05) is 44.3 Å². The van der Waals surface area contributed by atoms with E-state index in [9.17, 15) is 4.79 Å². The van der Waals surface area contributed by atoms with Gasteiger partial charge >= 0.3 is 0 Å². The molecule has 3 aliphatic heterocycles. The average molecular weight is 416 g/mol. The number of carbonyl (C=O) groups excluding carboxylic acids is 1. The van der Waals surface area contributed by atoms with Gasteiger partial charge in [0.05, 0.1) is 18.9 Å². The molecule has 2 fully saturated rings. The van der Waals surface area contributed by atoms with E-state index in [0.717, 1.165) is 12.8 Å². The Morgan fingerprint density at radius 1 is 1.23 bits per heavy atom. The minimum absolute atomic E-state index is 0.0123. The van der Waals surface area contributed by atoms with Crippen LogP contribution < -0.4 is 26.4 Å². The first-order chi connectivity index (χ1) is 14.5. The SMILES string of the molecule is CC(=O)N1CCC(Oc2cc(C3=CNC(N)=NC3N)nc(N3CCOCC3)n2)CC1. The molecule has 0 aliphatic carbocycles. The molecule has 4 rings (SSSR count). The van der Waals surface area contributed by atoms with Crippen LogP contribution in [0.1, 0.15) is 25.5 Å². The first kappa shape index (κ1) is 20.4. The quantitative estimate of drug-likeness (QED) is 0.577. The Balaban J connectivity index is 1.57. The predicted octanol–water partition coefficient (Wildman–Crippen LogP) is -0.753. The Labute approximate surface area is 175 Å². The van der Waals surface area contributed by atoms with Crippen LogP contribution in [0.2, 0.25) is 0 Å². The van der Waals surface area contributed by atoms with Crippen molar-refractivity contribution in [3.8, 4) is 5.88 Å². The first-order valence-corrected chi connectivity index (χ1v) is 10.2. The van der Waals surface area contributed by atoms with Crippen molar-refractivity contribution in [3.05, 3.63) is 18.0 Å². The van der Waals surface area contributed by atoms with Gasteiger partial charge in [0.15, 0.2) is 5.96 Å². The van der Waals surface area contributed by atoms with Crippen LogP contribution in [0.25, 0.3) is 5.57 Å². The van der Waals surface area contributed by atoms with Gasteiger partial charge in [-0.15, -0.1) is 0 Å². The van der Waals surface area contributed by atoms with E-state index >= 15 is 0 Å². The molecule has 0 radical (unpaired) electrons. The number of piperidine rings is 1. The van der Waals surface area contributed by atoms with Crippen molar-refractivity contribution in [1.29, 1.82) is 0 Å². The summed E-state index contributed by atoms with van der Waals surface area (Å²) in [6.07, 6.45) is 2.60. The highest BCUT2D eigenvalue weighted by molar-refractivity contribution is 5.85. The third-order valence-corrected chi connectivity index (χ3v) is 5.43. The van der Waals surface area contributed by atoms with Gasteiger partial charge in [0.25, 0.3) is 0 Å². The van der Waals surface area contributed by atoms with Crippen molar-refractivity contribution in [1.82, 2.24) is 20.2 Å². The molecule has 0 aromatic carbocycles. The molecule has 30 heavy (non-hydrogen) atoms. The molecule has 4 heterocycles. The van der Waals surface area contributed by atoms with E-state index in [4.69, 9.17) is 25.9 Å². The summed E-state index contributed by atoms with van der Waals surface area (Å²) in [5.41, 5.74) is 13.2. The monoisotopic (exact) mass is 416 g/mol. The number of ether oxygens (including phenoxy) is 2. The highest BCUT2D eigenvalue weighted by Gasteiger charge is 2.25. The fraction of sp³-hybridized carbons (Fsp3) is 0.579. The normalized spacial score (nSPS) is 22.8. The number of aromatic nitrogens is 2. The number of nitrogens with two attached hydrogens (primary N) is 2. The number of amides is 1. The predicted molar refractivity (Wildman–Crippen MR) is 112 cm³/mol. The average Bonchev–Trinajstić information content (AvgIpc) is 2.74. The Kier molecular flexibility index (Phi) is 6.00. The molecule has 1 amide bonds. The van der Waals surface area contributed by atoms with Crippen LogP contribution in [0, 0.1) is 0 Å². The topological polar surface area (TPSA) is 144 Å². The summed E-state index contributed by atoms with van der Waals surface area (Å²) in [6, 6.07) is 1.78. The van der Waals surface area contributed by atoms with E-state index in [0.29, 0.717) is 62.5 Å². The maximum Gasteiger partial charge on any atom is 0.229 e. The van der Waals surface area contributed by atoms with Crippen LogP contribution in [0.5, 0.6) is 5.88 Å². The number of hydrogen-bond acceptors (Lipinski definition) is 10. The van der Waals surface area contributed by atoms with Crippen LogP contribution in [-0.2, 0) is 9.53 Å². The molecule has 0 saturated carbocycles. The van der Waals surface area contributed by atoms with Gasteiger partial charge < -0.3 is 36.1 Å². The molecule has 0 bridgehead atoms. The highest BCUT2D eigenvalue weighted by Crippen LogP contribution is 2.26. The van der Waals surface area contributed by atoms with E-state index in [1.165, 1.54) is 0 Å². The highest BCUT2D eigenvalue weighted by atomic mass is 16.5. The molecule has 2 saturated heterocycles. The lowest BCUT2D eigenvalue weighted by molar-refractivity contribution is -0.130. The van der Waals surface area contributed by atoms with Gasteiger partial charge in [-0.3, -0.25) is 4.79 Å². The number of rotatable bonds is 4. The molecular formula is C19H28N8O3. The molecule has 1 aromatic heterocycles. The number of guanidine groups is 1. The van der Waals surface area contributed by atoms with Crippen molar-refractivity contribution in [2.45, 2.75) is 32.0 Å². The fourth-order valence-corrected chi connectivity index (χ4v) is 3.70. The smallest absolute Gasteiger partial charge is 0.229 e. The minimum atomic E-state index is -0.620. The molecule has 5 N–H and O–H groups in total. The maximum atomic E-state index is 11.6. The second-order valence-electron chi connectivity index (χ2n) is 7.52. The van der Waals surface area contributed by atoms with Crippen LogP contribution in [-0.4, -0.2) is 78.4 Å². The van der Waals surface area contributed by atoms with E-state index < -0.39 is 6.17 Å². The molecule has 1 aromatic rings. The molecule has 0 spiro atoms. The van der Waals surface area contributed by atoms with E-state index in [2.05, 4.69) is 20.2 Å². The first-order valence-electron chi connectivity index (χ1n) is 10.2. The molecule has 11 nitrogen and oxygen atoms in total. The summed E-state index contributed by atoms with van der Waals surface area (Å²) in [4.78, 5) is 29.0. The number of likely N-dealkylation sites (tertiary alicyclic amines) is 1. The van der Waals surface area contributed by atoms with Crippen LogP contribution >= 0.6 is 0 Å². The standard InChI is InChI=1S/C19H28N8O3/c1-12(28)26-4-2-13(3-5-26)30-16-10-15(14-11-22-18(21)25-17(14)20)23-19(24-16)27-6-8-29-9-7-27/h10-11,13,17H,2-9,20H2,1H3,(H3,21,22,25). The molecule has 11 heteroatoms. The van der Waals surface area contributed by atoms with Gasteiger partial charge in [-0.2, -0.15) is 4.98 Å². The largest absolute Gasteiger partial charge is 0.474 e. The number of carbonyl (C=O) groups is 1. The van der Waals surface area contributed by atoms with E-state index in [1.54, 1.807) is 19.2 Å². The van der Waals surface area contributed by atoms with Gasteiger partial charge in [-0.05, 0) is 0 Å². The summed E-state index contributed by atoms with van der Waals surface area (Å²) in [5, 5.41) is 2.89. The van der Waals surface area contributed by atoms with E-state index in [1.807, 2.05) is 4.90 Å². The summed E-state index contributed by atoms with van der Waals surface area (Å²) in [7, 11) is 0. The Bertz CT molecular complexity index is 844. The molecule has 1 atom stereocenters. The van der Waals surface area contributed by atoms with Crippen molar-refractivity contribution in [2.24, 2.45) is 16.5 Å². The van der Waals surface area contributed by atoms with E-state index in [-0.39, 0.29) is 18.0 Å². The lowest BCUT2D eigenvalue weighted by Gasteiger charge is -2.32. The van der Waals surface area contributed by atoms with Gasteiger partial charge in [-0.1, -0.05) is 0 Å². The van der Waals surface area contributed by atoms with Gasteiger partial charge in [-0.25, -0.2) is 9.98 Å². The molecule has 1 unspecified atom stereocenters. The summed E-state index contributed by atoms with van der Waals surface area (Å²) in [6.45, 7) is 5.61. The Morgan fingerprint density at radius 3 is 2.63 bits per heavy atom. The summed E-state index contributed by atoms with van der Waals surface area (Å²) >= 11 is 0. The maximum absolute atomic E-state index is 11.6. The Morgan fingerprint density at radius 2 is 1.97 bits per heavy atom. The lowest BCUT2D eigenvalue weighted by Crippen LogP contribution is -2.41. The van der Waals surface area contributed by atoms with Crippen LogP contribution in [0.4, 0.5) is 5.95 Å². The summed E-state index contributed by atoms with van der Waals surface area (Å²) in [5.74, 6) is 1.42. The van der Waals surface area contributed by atoms with Crippen LogP contribution in [0.15, 0.2) is 17.3 Å². The number of hydrogen-bond donors (Lipinski definition) is 3. The van der Waals surface area contributed by atoms with Crippen molar-refractivity contribution >= 4 is 23.4 Å². The van der Waals surface area contributed by atoms with Crippen LogP contribution in [0.3, 0.4) is 0 Å². The molecular weight excluding hydrogens is 388 g/mol. The third kappa shape index (κ3) is 4.62. The Hall–Kier alpha value is -2.92.